The largest absolute Gasteiger partial charge is 0.396 e. The number of nitrogen functional groups attached to an aromatic ring is 1. The summed E-state index contributed by atoms with van der Waals surface area (Å²) in [6, 6.07) is 1.61. The maximum absolute atomic E-state index is 11.6. The number of nitrogens with two attached hydrogens (primary N) is 1. The first-order valence-corrected chi connectivity index (χ1v) is 4.93. The van der Waals surface area contributed by atoms with Crippen LogP contribution in [0.4, 0.5) is 5.69 Å². The fourth-order valence-corrected chi connectivity index (χ4v) is 1.23. The van der Waals surface area contributed by atoms with Crippen molar-refractivity contribution in [2.45, 2.75) is 0 Å². The van der Waals surface area contributed by atoms with Crippen molar-refractivity contribution in [1.82, 2.24) is 24.6 Å². The standard InChI is InChI=1S/C10H12N6O/c1-15(2)9(17)8-3-4-16(14-8)10-12-5-7(11)6-13-10/h3-6H,11H2,1-2H3. The van der Waals surface area contributed by atoms with Crippen molar-refractivity contribution in [3.05, 3.63) is 30.4 Å². The van der Waals surface area contributed by atoms with E-state index in [0.717, 1.165) is 0 Å². The molecule has 0 aliphatic rings. The highest BCUT2D eigenvalue weighted by molar-refractivity contribution is 5.91. The number of aromatic nitrogens is 4. The monoisotopic (exact) mass is 232 g/mol. The molecule has 2 heterocycles. The first-order valence-electron chi connectivity index (χ1n) is 4.93. The number of carbonyl (C=O) groups is 1. The molecule has 7 heteroatoms. The summed E-state index contributed by atoms with van der Waals surface area (Å²) < 4.78 is 1.43. The molecular weight excluding hydrogens is 220 g/mol. The number of amides is 1. The lowest BCUT2D eigenvalue weighted by molar-refractivity contribution is 0.0821. The zero-order valence-electron chi connectivity index (χ0n) is 9.53. The van der Waals surface area contributed by atoms with Crippen LogP contribution in [0, 0.1) is 0 Å². The zero-order chi connectivity index (χ0) is 12.4. The average molecular weight is 232 g/mol. The summed E-state index contributed by atoms with van der Waals surface area (Å²) >= 11 is 0. The maximum Gasteiger partial charge on any atom is 0.273 e. The van der Waals surface area contributed by atoms with E-state index in [1.807, 2.05) is 0 Å². The minimum absolute atomic E-state index is 0.167. The van der Waals surface area contributed by atoms with Crippen LogP contribution in [0.15, 0.2) is 24.7 Å². The van der Waals surface area contributed by atoms with Gasteiger partial charge in [-0.05, 0) is 6.07 Å². The molecule has 2 aromatic heterocycles. The first kappa shape index (κ1) is 11.1. The lowest BCUT2D eigenvalue weighted by Crippen LogP contribution is -2.22. The van der Waals surface area contributed by atoms with Crippen LogP contribution in [0.25, 0.3) is 5.95 Å². The van der Waals surface area contributed by atoms with E-state index in [2.05, 4.69) is 15.1 Å². The SMILES string of the molecule is CN(C)C(=O)c1ccn(-c2ncc(N)cn2)n1. The molecule has 88 valence electrons. The fourth-order valence-electron chi connectivity index (χ4n) is 1.23. The Bertz CT molecular complexity index is 530. The number of carbonyl (C=O) groups excluding carboxylic acids is 1. The fraction of sp³-hybridized carbons (Fsp3) is 0.200. The van der Waals surface area contributed by atoms with E-state index in [1.165, 1.54) is 22.0 Å². The van der Waals surface area contributed by atoms with Crippen molar-refractivity contribution in [2.75, 3.05) is 19.8 Å². The summed E-state index contributed by atoms with van der Waals surface area (Å²) in [5.74, 6) is 0.205. The van der Waals surface area contributed by atoms with Crippen LogP contribution >= 0.6 is 0 Å². The summed E-state index contributed by atoms with van der Waals surface area (Å²) in [4.78, 5) is 21.1. The average Bonchev–Trinajstić information content (AvgIpc) is 2.78. The lowest BCUT2D eigenvalue weighted by Gasteiger charge is -2.06. The van der Waals surface area contributed by atoms with Crippen LogP contribution in [-0.4, -0.2) is 44.7 Å². The van der Waals surface area contributed by atoms with Gasteiger partial charge in [0.25, 0.3) is 11.9 Å². The molecule has 0 radical (unpaired) electrons. The minimum Gasteiger partial charge on any atom is -0.396 e. The Morgan fingerprint density at radius 2 is 2.00 bits per heavy atom. The third-order valence-electron chi connectivity index (χ3n) is 2.08. The second-order valence-electron chi connectivity index (χ2n) is 3.66. The molecule has 2 N–H and O–H groups in total. The number of rotatable bonds is 2. The molecule has 0 saturated carbocycles. The molecule has 0 bridgehead atoms. The molecule has 0 aliphatic carbocycles. The molecule has 2 rings (SSSR count). The van der Waals surface area contributed by atoms with E-state index in [1.54, 1.807) is 26.4 Å². The third-order valence-corrected chi connectivity index (χ3v) is 2.08. The summed E-state index contributed by atoms with van der Waals surface area (Å²) in [6.45, 7) is 0. The third kappa shape index (κ3) is 2.22. The Hall–Kier alpha value is -2.44. The Kier molecular flexibility index (Phi) is 2.73. The molecule has 0 aliphatic heterocycles. The van der Waals surface area contributed by atoms with Gasteiger partial charge in [0.2, 0.25) is 0 Å². The summed E-state index contributed by atoms with van der Waals surface area (Å²) in [5.41, 5.74) is 6.30. The first-order chi connectivity index (χ1) is 8.08. The van der Waals surface area contributed by atoms with Crippen LogP contribution in [0.1, 0.15) is 10.5 Å². The zero-order valence-corrected chi connectivity index (χ0v) is 9.53. The molecular formula is C10H12N6O. The van der Waals surface area contributed by atoms with Gasteiger partial charge in [0.1, 0.15) is 0 Å². The quantitative estimate of drug-likeness (QED) is 0.783. The van der Waals surface area contributed by atoms with Gasteiger partial charge in [0, 0.05) is 20.3 Å². The number of hydrogen-bond donors (Lipinski definition) is 1. The molecule has 17 heavy (non-hydrogen) atoms. The van der Waals surface area contributed by atoms with Gasteiger partial charge in [0.05, 0.1) is 18.1 Å². The van der Waals surface area contributed by atoms with Gasteiger partial charge in [-0.2, -0.15) is 5.10 Å². The van der Waals surface area contributed by atoms with E-state index in [4.69, 9.17) is 5.73 Å². The van der Waals surface area contributed by atoms with Crippen LogP contribution in [0.3, 0.4) is 0 Å². The van der Waals surface area contributed by atoms with Crippen molar-refractivity contribution >= 4 is 11.6 Å². The summed E-state index contributed by atoms with van der Waals surface area (Å²) in [6.07, 6.45) is 4.59. The highest BCUT2D eigenvalue weighted by Crippen LogP contribution is 2.04. The molecule has 1 amide bonds. The molecule has 0 aromatic carbocycles. The van der Waals surface area contributed by atoms with Gasteiger partial charge in [-0.3, -0.25) is 4.79 Å². The maximum atomic E-state index is 11.6. The Labute approximate surface area is 97.9 Å². The summed E-state index contributed by atoms with van der Waals surface area (Å²) in [7, 11) is 3.34. The van der Waals surface area contributed by atoms with Gasteiger partial charge in [0.15, 0.2) is 5.69 Å². The van der Waals surface area contributed by atoms with Crippen LogP contribution in [0.2, 0.25) is 0 Å². The second-order valence-corrected chi connectivity index (χ2v) is 3.66. The predicted molar refractivity (Wildman–Crippen MR) is 61.6 cm³/mol. The van der Waals surface area contributed by atoms with Crippen LogP contribution in [0.5, 0.6) is 0 Å². The van der Waals surface area contributed by atoms with Gasteiger partial charge >= 0.3 is 0 Å². The van der Waals surface area contributed by atoms with E-state index in [0.29, 0.717) is 17.3 Å². The van der Waals surface area contributed by atoms with Crippen LogP contribution in [-0.2, 0) is 0 Å². The molecule has 0 saturated heterocycles. The Morgan fingerprint density at radius 3 is 2.59 bits per heavy atom. The molecule has 7 nitrogen and oxygen atoms in total. The lowest BCUT2D eigenvalue weighted by atomic mass is 10.4. The van der Waals surface area contributed by atoms with Gasteiger partial charge < -0.3 is 10.6 Å². The molecule has 0 spiro atoms. The van der Waals surface area contributed by atoms with Crippen molar-refractivity contribution in [1.29, 1.82) is 0 Å². The van der Waals surface area contributed by atoms with E-state index in [9.17, 15) is 4.79 Å². The highest BCUT2D eigenvalue weighted by Gasteiger charge is 2.12. The number of anilines is 1. The predicted octanol–water partition coefficient (Wildman–Crippen LogP) is -0.0537. The van der Waals surface area contributed by atoms with Crippen molar-refractivity contribution < 1.29 is 4.79 Å². The van der Waals surface area contributed by atoms with E-state index in [-0.39, 0.29) is 5.91 Å². The topological polar surface area (TPSA) is 89.9 Å². The van der Waals surface area contributed by atoms with Crippen molar-refractivity contribution in [3.63, 3.8) is 0 Å². The van der Waals surface area contributed by atoms with E-state index < -0.39 is 0 Å². The molecule has 2 aromatic rings. The van der Waals surface area contributed by atoms with E-state index >= 15 is 0 Å². The summed E-state index contributed by atoms with van der Waals surface area (Å²) in [5, 5.41) is 4.09. The Balaban J connectivity index is 2.30. The van der Waals surface area contributed by atoms with Gasteiger partial charge in [-0.1, -0.05) is 0 Å². The molecule has 0 unspecified atom stereocenters. The Morgan fingerprint density at radius 1 is 1.35 bits per heavy atom. The normalized spacial score (nSPS) is 10.2. The highest BCUT2D eigenvalue weighted by atomic mass is 16.2. The van der Waals surface area contributed by atoms with Crippen molar-refractivity contribution in [3.8, 4) is 5.95 Å². The van der Waals surface area contributed by atoms with Crippen molar-refractivity contribution in [2.24, 2.45) is 0 Å². The smallest absolute Gasteiger partial charge is 0.273 e. The number of hydrogen-bond acceptors (Lipinski definition) is 5. The molecule has 0 fully saturated rings. The minimum atomic E-state index is -0.167. The second kappa shape index (κ2) is 4.20. The van der Waals surface area contributed by atoms with Gasteiger partial charge in [-0.15, -0.1) is 0 Å². The number of nitrogens with zero attached hydrogens (tertiary/aromatic N) is 5. The van der Waals surface area contributed by atoms with Crippen LogP contribution < -0.4 is 5.73 Å². The molecule has 0 atom stereocenters. The van der Waals surface area contributed by atoms with Gasteiger partial charge in [-0.25, -0.2) is 14.6 Å².